The third-order valence-corrected chi connectivity index (χ3v) is 5.50. The Morgan fingerprint density at radius 2 is 1.95 bits per heavy atom. The molecule has 2 atom stereocenters. The largest absolute Gasteiger partial charge is 0.313 e. The fraction of sp³-hybridized carbons (Fsp3) is 0.600. The first-order chi connectivity index (χ1) is 9.62. The van der Waals surface area contributed by atoms with Gasteiger partial charge in [-0.05, 0) is 44.3 Å². The van der Waals surface area contributed by atoms with Crippen LogP contribution in [0.5, 0.6) is 0 Å². The van der Waals surface area contributed by atoms with Crippen LogP contribution in [0.3, 0.4) is 0 Å². The maximum atomic E-state index is 11.3. The zero-order valence-corrected chi connectivity index (χ0v) is 12.8. The lowest BCUT2D eigenvalue weighted by molar-refractivity contribution is 0.477. The van der Waals surface area contributed by atoms with Gasteiger partial charge in [-0.3, -0.25) is 0 Å². The molecule has 20 heavy (non-hydrogen) atoms. The van der Waals surface area contributed by atoms with E-state index in [9.17, 15) is 8.42 Å². The zero-order valence-electron chi connectivity index (χ0n) is 12.0. The number of nitrogens with one attached hydrogen (secondary N) is 2. The zero-order chi connectivity index (χ0) is 14.4. The van der Waals surface area contributed by atoms with Gasteiger partial charge < -0.3 is 5.32 Å². The van der Waals surface area contributed by atoms with E-state index in [2.05, 4.69) is 34.3 Å². The Morgan fingerprint density at radius 3 is 2.65 bits per heavy atom. The molecule has 112 valence electrons. The minimum absolute atomic E-state index is 0.194. The molecule has 0 radical (unpaired) electrons. The number of benzene rings is 1. The van der Waals surface area contributed by atoms with E-state index in [4.69, 9.17) is 0 Å². The van der Waals surface area contributed by atoms with E-state index in [0.717, 1.165) is 6.54 Å². The van der Waals surface area contributed by atoms with E-state index < -0.39 is 10.0 Å². The van der Waals surface area contributed by atoms with Crippen molar-refractivity contribution in [2.24, 2.45) is 0 Å². The van der Waals surface area contributed by atoms with Crippen LogP contribution in [0.2, 0.25) is 0 Å². The molecule has 1 fully saturated rings. The molecule has 0 aromatic heterocycles. The SMILES string of the molecule is CNS(=O)(=O)CCCNC1CCCC1c1ccccc1. The summed E-state index contributed by atoms with van der Waals surface area (Å²) in [4.78, 5) is 0. The van der Waals surface area contributed by atoms with E-state index in [-0.39, 0.29) is 5.75 Å². The first-order valence-electron chi connectivity index (χ1n) is 7.32. The van der Waals surface area contributed by atoms with Crippen LogP contribution < -0.4 is 10.0 Å². The molecule has 0 saturated heterocycles. The van der Waals surface area contributed by atoms with E-state index in [1.807, 2.05) is 6.07 Å². The fourth-order valence-corrected chi connectivity index (χ4v) is 3.68. The van der Waals surface area contributed by atoms with Gasteiger partial charge in [0, 0.05) is 6.04 Å². The summed E-state index contributed by atoms with van der Waals surface area (Å²) < 4.78 is 25.0. The summed E-state index contributed by atoms with van der Waals surface area (Å²) >= 11 is 0. The molecule has 1 aromatic carbocycles. The van der Waals surface area contributed by atoms with Gasteiger partial charge in [-0.15, -0.1) is 0 Å². The molecule has 1 aliphatic carbocycles. The van der Waals surface area contributed by atoms with Gasteiger partial charge in [0.05, 0.1) is 5.75 Å². The fourth-order valence-electron chi connectivity index (χ4n) is 2.96. The van der Waals surface area contributed by atoms with Crippen LogP contribution in [0.25, 0.3) is 0 Å². The van der Waals surface area contributed by atoms with E-state index in [1.165, 1.54) is 31.9 Å². The predicted molar refractivity (Wildman–Crippen MR) is 82.3 cm³/mol. The van der Waals surface area contributed by atoms with Crippen molar-refractivity contribution >= 4 is 10.0 Å². The van der Waals surface area contributed by atoms with Crippen molar-refractivity contribution < 1.29 is 8.42 Å². The summed E-state index contributed by atoms with van der Waals surface area (Å²) in [6.45, 7) is 0.759. The second kappa shape index (κ2) is 7.20. The van der Waals surface area contributed by atoms with Crippen molar-refractivity contribution in [1.29, 1.82) is 0 Å². The quantitative estimate of drug-likeness (QED) is 0.755. The minimum Gasteiger partial charge on any atom is -0.313 e. The standard InChI is InChI=1S/C15H24N2O2S/c1-16-20(18,19)12-6-11-17-15-10-5-9-14(15)13-7-3-2-4-8-13/h2-4,7-8,14-17H,5-6,9-12H2,1H3. The van der Waals surface area contributed by atoms with Gasteiger partial charge in [-0.1, -0.05) is 36.8 Å². The molecule has 1 aliphatic rings. The first-order valence-corrected chi connectivity index (χ1v) is 8.97. The van der Waals surface area contributed by atoms with Crippen LogP contribution in [0, 0.1) is 0 Å². The van der Waals surface area contributed by atoms with Gasteiger partial charge in [0.1, 0.15) is 0 Å². The number of hydrogen-bond acceptors (Lipinski definition) is 3. The maximum Gasteiger partial charge on any atom is 0.211 e. The van der Waals surface area contributed by atoms with Gasteiger partial charge in [0.15, 0.2) is 0 Å². The molecular formula is C15H24N2O2S. The molecule has 1 aromatic rings. The van der Waals surface area contributed by atoms with Crippen LogP contribution in [0.15, 0.2) is 30.3 Å². The van der Waals surface area contributed by atoms with Gasteiger partial charge in [0.2, 0.25) is 10.0 Å². The second-order valence-electron chi connectivity index (χ2n) is 5.39. The van der Waals surface area contributed by atoms with Crippen LogP contribution in [0.4, 0.5) is 0 Å². The van der Waals surface area contributed by atoms with Gasteiger partial charge in [-0.2, -0.15) is 0 Å². The molecule has 1 saturated carbocycles. The number of sulfonamides is 1. The minimum atomic E-state index is -3.07. The van der Waals surface area contributed by atoms with Crippen LogP contribution in [-0.2, 0) is 10.0 Å². The van der Waals surface area contributed by atoms with Crippen LogP contribution in [-0.4, -0.2) is 33.8 Å². The molecule has 4 nitrogen and oxygen atoms in total. The Labute approximate surface area is 122 Å². The molecule has 2 N–H and O–H groups in total. The van der Waals surface area contributed by atoms with Crippen LogP contribution in [0.1, 0.15) is 37.2 Å². The molecule has 0 amide bonds. The topological polar surface area (TPSA) is 58.2 Å². The van der Waals surface area contributed by atoms with Gasteiger partial charge >= 0.3 is 0 Å². The van der Waals surface area contributed by atoms with Crippen molar-refractivity contribution in [1.82, 2.24) is 10.0 Å². The lowest BCUT2D eigenvalue weighted by atomic mass is 9.94. The first kappa shape index (κ1) is 15.5. The Bertz CT molecular complexity index is 502. The number of hydrogen-bond donors (Lipinski definition) is 2. The van der Waals surface area contributed by atoms with Crippen molar-refractivity contribution in [3.05, 3.63) is 35.9 Å². The van der Waals surface area contributed by atoms with Crippen LogP contribution >= 0.6 is 0 Å². The summed E-state index contributed by atoms with van der Waals surface area (Å²) in [7, 11) is -1.61. The van der Waals surface area contributed by atoms with Crippen molar-refractivity contribution in [3.63, 3.8) is 0 Å². The Kier molecular flexibility index (Phi) is 5.57. The van der Waals surface area contributed by atoms with E-state index >= 15 is 0 Å². The Hall–Kier alpha value is -0.910. The Balaban J connectivity index is 1.81. The van der Waals surface area contributed by atoms with Gasteiger partial charge in [0.25, 0.3) is 0 Å². The molecule has 2 unspecified atom stereocenters. The highest BCUT2D eigenvalue weighted by atomic mass is 32.2. The highest BCUT2D eigenvalue weighted by Crippen LogP contribution is 2.34. The summed E-state index contributed by atoms with van der Waals surface area (Å²) in [5, 5.41) is 3.53. The maximum absolute atomic E-state index is 11.3. The van der Waals surface area contributed by atoms with Crippen molar-refractivity contribution in [2.45, 2.75) is 37.6 Å². The Morgan fingerprint density at radius 1 is 1.20 bits per heavy atom. The smallest absolute Gasteiger partial charge is 0.211 e. The highest BCUT2D eigenvalue weighted by Gasteiger charge is 2.27. The highest BCUT2D eigenvalue weighted by molar-refractivity contribution is 7.89. The average molecular weight is 296 g/mol. The second-order valence-corrected chi connectivity index (χ2v) is 7.43. The van der Waals surface area contributed by atoms with Crippen molar-refractivity contribution in [2.75, 3.05) is 19.3 Å². The molecule has 0 aliphatic heterocycles. The normalized spacial score (nSPS) is 23.1. The molecule has 0 heterocycles. The van der Waals surface area contributed by atoms with E-state index in [1.54, 1.807) is 0 Å². The summed E-state index contributed by atoms with van der Waals surface area (Å²) in [6.07, 6.45) is 4.29. The summed E-state index contributed by atoms with van der Waals surface area (Å²) in [5.41, 5.74) is 1.39. The summed E-state index contributed by atoms with van der Waals surface area (Å²) in [5.74, 6) is 0.760. The predicted octanol–water partition coefficient (Wildman–Crippen LogP) is 1.85. The third kappa shape index (κ3) is 4.30. The summed E-state index contributed by atoms with van der Waals surface area (Å²) in [6, 6.07) is 11.1. The number of rotatable bonds is 7. The molecule has 0 spiro atoms. The van der Waals surface area contributed by atoms with E-state index in [0.29, 0.717) is 18.4 Å². The molecule has 0 bridgehead atoms. The monoisotopic (exact) mass is 296 g/mol. The lowest BCUT2D eigenvalue weighted by Gasteiger charge is -2.21. The molecule has 5 heteroatoms. The third-order valence-electron chi connectivity index (χ3n) is 4.05. The average Bonchev–Trinajstić information content (AvgIpc) is 2.93. The van der Waals surface area contributed by atoms with Gasteiger partial charge in [-0.25, -0.2) is 13.1 Å². The molecular weight excluding hydrogens is 272 g/mol. The lowest BCUT2D eigenvalue weighted by Crippen LogP contribution is -2.33. The molecule has 2 rings (SSSR count). The van der Waals surface area contributed by atoms with Crippen molar-refractivity contribution in [3.8, 4) is 0 Å².